The average Bonchev–Trinajstić information content (AvgIpc) is 3.23. The molecule has 1 aromatic heterocycles. The number of nitrogens with one attached hydrogen (secondary N) is 3. The van der Waals surface area contributed by atoms with Crippen molar-refractivity contribution in [3.63, 3.8) is 0 Å². The van der Waals surface area contributed by atoms with E-state index in [0.717, 1.165) is 0 Å². The van der Waals surface area contributed by atoms with E-state index in [2.05, 4.69) is 15.7 Å². The van der Waals surface area contributed by atoms with Crippen LogP contribution in [-0.4, -0.2) is 35.1 Å². The number of amides is 1. The molecule has 3 aromatic rings. The summed E-state index contributed by atoms with van der Waals surface area (Å²) in [6, 6.07) is 11.2. The Hall–Kier alpha value is -3.55. The lowest BCUT2D eigenvalue weighted by Crippen LogP contribution is -2.24. The lowest BCUT2D eigenvalue weighted by Gasteiger charge is -2.23. The molecule has 3 N–H and O–H groups in total. The maximum absolute atomic E-state index is 13.5. The molecule has 6 nitrogen and oxygen atoms in total. The van der Waals surface area contributed by atoms with Crippen molar-refractivity contribution in [2.45, 2.75) is 39.2 Å². The number of halogens is 2. The van der Waals surface area contributed by atoms with Crippen LogP contribution >= 0.6 is 0 Å². The predicted octanol–water partition coefficient (Wildman–Crippen LogP) is 5.86. The molecule has 174 valence electrons. The van der Waals surface area contributed by atoms with Crippen molar-refractivity contribution in [3.05, 3.63) is 65.6 Å². The Morgan fingerprint density at radius 3 is 2.52 bits per heavy atom. The molecule has 0 aliphatic heterocycles. The van der Waals surface area contributed by atoms with Crippen LogP contribution in [0.3, 0.4) is 0 Å². The monoisotopic (exact) mass is 453 g/mol. The van der Waals surface area contributed by atoms with Crippen LogP contribution in [0.25, 0.3) is 11.3 Å². The molecule has 0 saturated heterocycles. The van der Waals surface area contributed by atoms with E-state index in [9.17, 15) is 13.6 Å². The first-order chi connectivity index (χ1) is 15.7. The molecular weight excluding hydrogens is 424 g/mol. The van der Waals surface area contributed by atoms with Gasteiger partial charge in [-0.25, -0.2) is 4.39 Å². The zero-order valence-electron chi connectivity index (χ0n) is 19.1. The minimum absolute atomic E-state index is 0.351. The Labute approximate surface area is 192 Å². The van der Waals surface area contributed by atoms with Crippen molar-refractivity contribution in [1.82, 2.24) is 9.78 Å². The molecule has 33 heavy (non-hydrogen) atoms. The molecule has 0 bridgehead atoms. The second-order valence-corrected chi connectivity index (χ2v) is 8.72. The van der Waals surface area contributed by atoms with E-state index in [1.54, 1.807) is 35.0 Å². The number of nitrogens with zero attached hydrogens (tertiary/aromatic N) is 2. The topological polar surface area (TPSA) is 82.8 Å². The van der Waals surface area contributed by atoms with E-state index in [1.165, 1.54) is 24.5 Å². The lowest BCUT2D eigenvalue weighted by molar-refractivity contribution is 0.102. The Bertz CT molecular complexity index is 1120. The van der Waals surface area contributed by atoms with Gasteiger partial charge < -0.3 is 16.0 Å². The highest BCUT2D eigenvalue weighted by molar-refractivity contribution is 6.08. The fraction of sp³-hybridized carbons (Fsp3) is 0.320. The van der Waals surface area contributed by atoms with Gasteiger partial charge in [-0.2, -0.15) is 5.10 Å². The number of carbonyl (C=O) groups excluding carboxylic acids is 1. The standard InChI is InChI=1S/C25H29F2N5O/c1-25(2,3)32-23(17-6-9-19(27)10-7-17)21(16-30-32)24(33)31-20-11-8-18(15-28)22(14-20)29-13-5-4-12-26/h6-11,14-16,28-29H,4-5,12-13H2,1-3H3,(H,31,33). The lowest BCUT2D eigenvalue weighted by atomic mass is 10.0. The highest BCUT2D eigenvalue weighted by atomic mass is 19.1. The zero-order valence-corrected chi connectivity index (χ0v) is 19.1. The first kappa shape index (κ1) is 24.1. The van der Waals surface area contributed by atoms with Gasteiger partial charge in [0.2, 0.25) is 0 Å². The molecule has 0 aliphatic carbocycles. The van der Waals surface area contributed by atoms with Crippen molar-refractivity contribution in [3.8, 4) is 11.3 Å². The Morgan fingerprint density at radius 2 is 1.88 bits per heavy atom. The number of carbonyl (C=O) groups is 1. The number of hydrogen-bond donors (Lipinski definition) is 3. The molecule has 0 saturated carbocycles. The molecule has 0 atom stereocenters. The SMILES string of the molecule is CC(C)(C)n1ncc(C(=O)Nc2ccc(C=N)c(NCCCCF)c2)c1-c1ccc(F)cc1. The molecule has 1 amide bonds. The van der Waals surface area contributed by atoms with Gasteiger partial charge in [0.15, 0.2) is 0 Å². The fourth-order valence-corrected chi connectivity index (χ4v) is 3.46. The Balaban J connectivity index is 1.91. The van der Waals surface area contributed by atoms with Crippen LogP contribution in [0.4, 0.5) is 20.2 Å². The molecule has 0 radical (unpaired) electrons. The van der Waals surface area contributed by atoms with Gasteiger partial charge in [-0.3, -0.25) is 13.9 Å². The van der Waals surface area contributed by atoms with Gasteiger partial charge in [-0.15, -0.1) is 0 Å². The first-order valence-corrected chi connectivity index (χ1v) is 10.8. The van der Waals surface area contributed by atoms with Gasteiger partial charge >= 0.3 is 0 Å². The number of aromatic nitrogens is 2. The zero-order chi connectivity index (χ0) is 24.0. The minimum atomic E-state index is -0.398. The van der Waals surface area contributed by atoms with Gasteiger partial charge in [-0.1, -0.05) is 0 Å². The summed E-state index contributed by atoms with van der Waals surface area (Å²) in [7, 11) is 0. The van der Waals surface area contributed by atoms with E-state index in [0.29, 0.717) is 53.1 Å². The molecule has 8 heteroatoms. The van der Waals surface area contributed by atoms with Crippen LogP contribution in [0.1, 0.15) is 49.5 Å². The van der Waals surface area contributed by atoms with Gasteiger partial charge in [0, 0.05) is 35.3 Å². The Kier molecular flexibility index (Phi) is 7.58. The summed E-state index contributed by atoms with van der Waals surface area (Å²) in [4.78, 5) is 13.2. The van der Waals surface area contributed by atoms with Crippen molar-refractivity contribution < 1.29 is 13.6 Å². The molecule has 0 spiro atoms. The van der Waals surface area contributed by atoms with E-state index in [1.807, 2.05) is 20.8 Å². The first-order valence-electron chi connectivity index (χ1n) is 10.8. The molecule has 0 fully saturated rings. The maximum Gasteiger partial charge on any atom is 0.259 e. The maximum atomic E-state index is 13.5. The average molecular weight is 454 g/mol. The quantitative estimate of drug-likeness (QED) is 0.280. The summed E-state index contributed by atoms with van der Waals surface area (Å²) in [6.45, 7) is 6.13. The third kappa shape index (κ3) is 5.83. The normalized spacial score (nSPS) is 11.3. The van der Waals surface area contributed by atoms with E-state index >= 15 is 0 Å². The molecule has 3 rings (SSSR count). The van der Waals surface area contributed by atoms with Gasteiger partial charge in [-0.05, 0) is 76.1 Å². The third-order valence-corrected chi connectivity index (χ3v) is 5.11. The number of rotatable bonds is 9. The second kappa shape index (κ2) is 10.4. The van der Waals surface area contributed by atoms with Crippen LogP contribution in [0.5, 0.6) is 0 Å². The summed E-state index contributed by atoms with van der Waals surface area (Å²) < 4.78 is 27.6. The van der Waals surface area contributed by atoms with Gasteiger partial charge in [0.05, 0.1) is 29.7 Å². The summed E-state index contributed by atoms with van der Waals surface area (Å²) in [5, 5.41) is 18.1. The molecule has 1 heterocycles. The van der Waals surface area contributed by atoms with Crippen LogP contribution in [0, 0.1) is 11.2 Å². The van der Waals surface area contributed by atoms with Crippen molar-refractivity contribution in [2.24, 2.45) is 0 Å². The van der Waals surface area contributed by atoms with Gasteiger partial charge in [0.1, 0.15) is 5.82 Å². The number of hydrogen-bond acceptors (Lipinski definition) is 4. The number of benzene rings is 2. The molecule has 0 aliphatic rings. The summed E-state index contributed by atoms with van der Waals surface area (Å²) in [5.41, 5.74) is 3.15. The molecular formula is C25H29F2N5O. The highest BCUT2D eigenvalue weighted by Crippen LogP contribution is 2.30. The fourth-order valence-electron chi connectivity index (χ4n) is 3.46. The summed E-state index contributed by atoms with van der Waals surface area (Å²) in [6.07, 6.45) is 3.87. The number of alkyl halides is 1. The van der Waals surface area contributed by atoms with Crippen LogP contribution < -0.4 is 10.6 Å². The Morgan fingerprint density at radius 1 is 1.15 bits per heavy atom. The van der Waals surface area contributed by atoms with E-state index in [4.69, 9.17) is 5.41 Å². The number of unbranched alkanes of at least 4 members (excludes halogenated alkanes) is 1. The minimum Gasteiger partial charge on any atom is -0.384 e. The smallest absolute Gasteiger partial charge is 0.259 e. The second-order valence-electron chi connectivity index (χ2n) is 8.72. The van der Waals surface area contributed by atoms with Crippen LogP contribution in [-0.2, 0) is 5.54 Å². The third-order valence-electron chi connectivity index (χ3n) is 5.11. The van der Waals surface area contributed by atoms with Gasteiger partial charge in [0.25, 0.3) is 5.91 Å². The van der Waals surface area contributed by atoms with Crippen molar-refractivity contribution in [2.75, 3.05) is 23.9 Å². The van der Waals surface area contributed by atoms with Crippen LogP contribution in [0.2, 0.25) is 0 Å². The predicted molar refractivity (Wildman–Crippen MR) is 129 cm³/mol. The van der Waals surface area contributed by atoms with Crippen molar-refractivity contribution in [1.29, 1.82) is 5.41 Å². The van der Waals surface area contributed by atoms with E-state index in [-0.39, 0.29) is 18.4 Å². The van der Waals surface area contributed by atoms with Crippen LogP contribution in [0.15, 0.2) is 48.7 Å². The molecule has 0 unspecified atom stereocenters. The summed E-state index contributed by atoms with van der Waals surface area (Å²) in [5.74, 6) is -0.708. The van der Waals surface area contributed by atoms with Crippen molar-refractivity contribution >= 4 is 23.5 Å². The summed E-state index contributed by atoms with van der Waals surface area (Å²) >= 11 is 0. The molecule has 2 aromatic carbocycles. The number of anilines is 2. The highest BCUT2D eigenvalue weighted by Gasteiger charge is 2.25. The largest absolute Gasteiger partial charge is 0.384 e. The van der Waals surface area contributed by atoms with E-state index < -0.39 is 5.54 Å².